The number of nitrogens with one attached hydrogen (secondary N) is 1. The first-order chi connectivity index (χ1) is 9.02. The number of rotatable bonds is 3. The number of benzene rings is 1. The number of ether oxygens (including phenoxy) is 1. The fourth-order valence-corrected chi connectivity index (χ4v) is 2.52. The first kappa shape index (κ1) is 14.3. The molecule has 0 bridgehead atoms. The van der Waals surface area contributed by atoms with Gasteiger partial charge in [0.1, 0.15) is 0 Å². The van der Waals surface area contributed by atoms with Crippen LogP contribution in [0.15, 0.2) is 24.3 Å². The lowest BCUT2D eigenvalue weighted by atomic mass is 9.94. The maximum atomic E-state index is 13.0. The van der Waals surface area contributed by atoms with E-state index in [9.17, 15) is 13.2 Å². The van der Waals surface area contributed by atoms with Crippen LogP contribution in [-0.4, -0.2) is 19.2 Å². The highest BCUT2D eigenvalue weighted by Gasteiger charge is 2.36. The van der Waals surface area contributed by atoms with Gasteiger partial charge in [-0.2, -0.15) is 13.2 Å². The van der Waals surface area contributed by atoms with Crippen LogP contribution in [0.3, 0.4) is 0 Å². The van der Waals surface area contributed by atoms with E-state index in [1.165, 1.54) is 12.1 Å². The predicted molar refractivity (Wildman–Crippen MR) is 66.8 cm³/mol. The van der Waals surface area contributed by atoms with Gasteiger partial charge in [0.05, 0.1) is 11.7 Å². The van der Waals surface area contributed by atoms with Gasteiger partial charge in [-0.05, 0) is 31.0 Å². The quantitative estimate of drug-likeness (QED) is 0.909. The zero-order chi connectivity index (χ0) is 13.9. The molecule has 2 atom stereocenters. The molecule has 0 spiro atoms. The molecule has 0 aliphatic carbocycles. The van der Waals surface area contributed by atoms with Gasteiger partial charge in [0, 0.05) is 12.6 Å². The Hall–Kier alpha value is -1.07. The SMILES string of the molecule is CCNC1CCOC(c2ccccc2C(F)(F)F)C1. The molecule has 19 heavy (non-hydrogen) atoms. The van der Waals surface area contributed by atoms with Crippen molar-refractivity contribution in [1.82, 2.24) is 5.32 Å². The molecule has 2 nitrogen and oxygen atoms in total. The molecule has 2 unspecified atom stereocenters. The molecular weight excluding hydrogens is 255 g/mol. The minimum atomic E-state index is -4.33. The Morgan fingerprint density at radius 1 is 1.32 bits per heavy atom. The molecule has 1 heterocycles. The molecule has 5 heteroatoms. The van der Waals surface area contributed by atoms with Crippen LogP contribution in [0.25, 0.3) is 0 Å². The van der Waals surface area contributed by atoms with Crippen LogP contribution < -0.4 is 5.32 Å². The summed E-state index contributed by atoms with van der Waals surface area (Å²) in [7, 11) is 0. The highest BCUT2D eigenvalue weighted by Crippen LogP contribution is 2.38. The molecule has 2 rings (SSSR count). The molecule has 1 saturated heterocycles. The maximum Gasteiger partial charge on any atom is 0.416 e. The van der Waals surface area contributed by atoms with E-state index in [0.717, 1.165) is 19.0 Å². The summed E-state index contributed by atoms with van der Waals surface area (Å²) < 4.78 is 44.5. The smallest absolute Gasteiger partial charge is 0.373 e. The standard InChI is InChI=1S/C14H18F3NO/c1-2-18-10-7-8-19-13(9-10)11-5-3-4-6-12(11)14(15,16)17/h3-6,10,13,18H,2,7-9H2,1H3. The number of halogens is 3. The molecule has 1 aromatic carbocycles. The zero-order valence-corrected chi connectivity index (χ0v) is 10.8. The Balaban J connectivity index is 2.21. The Labute approximate surface area is 111 Å². The largest absolute Gasteiger partial charge is 0.416 e. The Kier molecular flexibility index (Phi) is 4.47. The van der Waals surface area contributed by atoms with E-state index in [2.05, 4.69) is 5.32 Å². The van der Waals surface area contributed by atoms with Gasteiger partial charge >= 0.3 is 6.18 Å². The molecule has 1 N–H and O–H groups in total. The van der Waals surface area contributed by atoms with Crippen LogP contribution in [-0.2, 0) is 10.9 Å². The molecule has 1 aliphatic rings. The van der Waals surface area contributed by atoms with Crippen molar-refractivity contribution in [3.8, 4) is 0 Å². The third-order valence-electron chi connectivity index (χ3n) is 3.39. The maximum absolute atomic E-state index is 13.0. The Bertz CT molecular complexity index is 417. The number of hydrogen-bond donors (Lipinski definition) is 1. The van der Waals surface area contributed by atoms with E-state index in [-0.39, 0.29) is 11.6 Å². The summed E-state index contributed by atoms with van der Waals surface area (Å²) in [5.74, 6) is 0. The second kappa shape index (κ2) is 5.92. The van der Waals surface area contributed by atoms with Crippen molar-refractivity contribution < 1.29 is 17.9 Å². The fraction of sp³-hybridized carbons (Fsp3) is 0.571. The average Bonchev–Trinajstić information content (AvgIpc) is 2.38. The average molecular weight is 273 g/mol. The van der Waals surface area contributed by atoms with Crippen LogP contribution in [0, 0.1) is 0 Å². The number of alkyl halides is 3. The summed E-state index contributed by atoms with van der Waals surface area (Å²) >= 11 is 0. The van der Waals surface area contributed by atoms with Gasteiger partial charge in [-0.3, -0.25) is 0 Å². The predicted octanol–water partition coefficient (Wildman–Crippen LogP) is 3.54. The summed E-state index contributed by atoms with van der Waals surface area (Å²) in [6.07, 6.45) is -3.37. The monoisotopic (exact) mass is 273 g/mol. The summed E-state index contributed by atoms with van der Waals surface area (Å²) in [5.41, 5.74) is -0.338. The van der Waals surface area contributed by atoms with E-state index < -0.39 is 17.8 Å². The highest BCUT2D eigenvalue weighted by molar-refractivity contribution is 5.32. The summed E-state index contributed by atoms with van der Waals surface area (Å²) in [6, 6.07) is 5.91. The van der Waals surface area contributed by atoms with E-state index >= 15 is 0 Å². The molecule has 0 aromatic heterocycles. The molecule has 1 aliphatic heterocycles. The van der Waals surface area contributed by atoms with Crippen LogP contribution in [0.2, 0.25) is 0 Å². The van der Waals surface area contributed by atoms with Gasteiger partial charge in [0.25, 0.3) is 0 Å². The van der Waals surface area contributed by atoms with Crippen molar-refractivity contribution in [2.24, 2.45) is 0 Å². The Morgan fingerprint density at radius 3 is 2.74 bits per heavy atom. The normalized spacial score (nSPS) is 24.4. The van der Waals surface area contributed by atoms with Crippen molar-refractivity contribution in [3.63, 3.8) is 0 Å². The zero-order valence-electron chi connectivity index (χ0n) is 10.8. The van der Waals surface area contributed by atoms with Gasteiger partial charge in [0.15, 0.2) is 0 Å². The first-order valence-electron chi connectivity index (χ1n) is 6.53. The van der Waals surface area contributed by atoms with E-state index in [4.69, 9.17) is 4.74 Å². The lowest BCUT2D eigenvalue weighted by molar-refractivity contribution is -0.140. The molecule has 0 radical (unpaired) electrons. The summed E-state index contributed by atoms with van der Waals surface area (Å²) in [6.45, 7) is 3.31. The molecule has 1 aromatic rings. The van der Waals surface area contributed by atoms with Crippen molar-refractivity contribution in [2.75, 3.05) is 13.2 Å². The first-order valence-corrected chi connectivity index (χ1v) is 6.53. The van der Waals surface area contributed by atoms with E-state index in [1.807, 2.05) is 6.92 Å². The molecule has 0 amide bonds. The van der Waals surface area contributed by atoms with Gasteiger partial charge < -0.3 is 10.1 Å². The highest BCUT2D eigenvalue weighted by atomic mass is 19.4. The topological polar surface area (TPSA) is 21.3 Å². The van der Waals surface area contributed by atoms with E-state index in [1.54, 1.807) is 6.07 Å². The third kappa shape index (κ3) is 3.48. The van der Waals surface area contributed by atoms with Gasteiger partial charge in [0.2, 0.25) is 0 Å². The van der Waals surface area contributed by atoms with Crippen LogP contribution in [0.1, 0.15) is 37.0 Å². The summed E-state index contributed by atoms with van der Waals surface area (Å²) in [4.78, 5) is 0. The van der Waals surface area contributed by atoms with Gasteiger partial charge in [-0.15, -0.1) is 0 Å². The van der Waals surface area contributed by atoms with Crippen molar-refractivity contribution in [2.45, 2.75) is 38.1 Å². The van der Waals surface area contributed by atoms with Crippen molar-refractivity contribution in [1.29, 1.82) is 0 Å². The lowest BCUT2D eigenvalue weighted by Crippen LogP contribution is -2.36. The van der Waals surface area contributed by atoms with Crippen LogP contribution in [0.5, 0.6) is 0 Å². The molecule has 1 fully saturated rings. The minimum absolute atomic E-state index is 0.227. The van der Waals surface area contributed by atoms with Crippen molar-refractivity contribution in [3.05, 3.63) is 35.4 Å². The minimum Gasteiger partial charge on any atom is -0.373 e. The molecule has 106 valence electrons. The van der Waals surface area contributed by atoms with Crippen molar-refractivity contribution >= 4 is 0 Å². The van der Waals surface area contributed by atoms with E-state index in [0.29, 0.717) is 13.0 Å². The molecule has 0 saturated carbocycles. The van der Waals surface area contributed by atoms with Crippen LogP contribution in [0.4, 0.5) is 13.2 Å². The lowest BCUT2D eigenvalue weighted by Gasteiger charge is -2.31. The van der Waals surface area contributed by atoms with Crippen LogP contribution >= 0.6 is 0 Å². The van der Waals surface area contributed by atoms with Gasteiger partial charge in [-0.1, -0.05) is 25.1 Å². The third-order valence-corrected chi connectivity index (χ3v) is 3.39. The number of hydrogen-bond acceptors (Lipinski definition) is 2. The second-order valence-corrected chi connectivity index (χ2v) is 4.72. The second-order valence-electron chi connectivity index (χ2n) is 4.72. The Morgan fingerprint density at radius 2 is 2.05 bits per heavy atom. The van der Waals surface area contributed by atoms with Gasteiger partial charge in [-0.25, -0.2) is 0 Å². The fourth-order valence-electron chi connectivity index (χ4n) is 2.52. The molecular formula is C14H18F3NO. The summed E-state index contributed by atoms with van der Waals surface area (Å²) in [5, 5.41) is 3.28.